The lowest BCUT2D eigenvalue weighted by atomic mass is 10.2. The number of anilines is 4. The third kappa shape index (κ3) is 5.17. The van der Waals surface area contributed by atoms with Crippen molar-refractivity contribution in [3.8, 4) is 5.75 Å². The standard InChI is InChI=1S/C20H18BrF3N4O/c1-3-29-16-10-6-14(7-11-16)26-19-25-12-17(20(22,23)24)18(27-19)28(2)15-8-4-13(21)5-9-15/h4-12H,3H2,1-2H3,(H,25,26,27). The zero-order valence-corrected chi connectivity index (χ0v) is 17.3. The van der Waals surface area contributed by atoms with E-state index in [0.29, 0.717) is 23.7 Å². The second-order valence-corrected chi connectivity index (χ2v) is 6.96. The molecule has 5 nitrogen and oxygen atoms in total. The normalized spacial score (nSPS) is 11.2. The number of halogens is 4. The summed E-state index contributed by atoms with van der Waals surface area (Å²) in [4.78, 5) is 9.35. The van der Waals surface area contributed by atoms with Gasteiger partial charge in [-0.05, 0) is 55.5 Å². The molecule has 3 aromatic rings. The molecule has 0 unspecified atom stereocenters. The van der Waals surface area contributed by atoms with Crippen LogP contribution in [-0.4, -0.2) is 23.6 Å². The van der Waals surface area contributed by atoms with Crippen molar-refractivity contribution in [2.45, 2.75) is 13.1 Å². The molecule has 0 aliphatic heterocycles. The molecular weight excluding hydrogens is 449 g/mol. The summed E-state index contributed by atoms with van der Waals surface area (Å²) in [5.74, 6) is 0.506. The highest BCUT2D eigenvalue weighted by Gasteiger charge is 2.36. The summed E-state index contributed by atoms with van der Waals surface area (Å²) in [5, 5.41) is 2.93. The van der Waals surface area contributed by atoms with Gasteiger partial charge in [0.15, 0.2) is 5.82 Å². The topological polar surface area (TPSA) is 50.3 Å². The Balaban J connectivity index is 1.94. The summed E-state index contributed by atoms with van der Waals surface area (Å²) >= 11 is 3.32. The van der Waals surface area contributed by atoms with Gasteiger partial charge < -0.3 is 15.0 Å². The summed E-state index contributed by atoms with van der Waals surface area (Å²) in [7, 11) is 1.53. The number of rotatable bonds is 6. The Morgan fingerprint density at radius 1 is 1.07 bits per heavy atom. The van der Waals surface area contributed by atoms with Crippen LogP contribution in [0.4, 0.5) is 36.3 Å². The van der Waals surface area contributed by atoms with Crippen LogP contribution in [0.2, 0.25) is 0 Å². The summed E-state index contributed by atoms with van der Waals surface area (Å²) in [6.45, 7) is 2.42. The molecule has 0 spiro atoms. The average molecular weight is 467 g/mol. The van der Waals surface area contributed by atoms with E-state index >= 15 is 0 Å². The number of benzene rings is 2. The lowest BCUT2D eigenvalue weighted by Gasteiger charge is -2.23. The highest BCUT2D eigenvalue weighted by Crippen LogP contribution is 2.37. The minimum Gasteiger partial charge on any atom is -0.494 e. The molecule has 1 N–H and O–H groups in total. The van der Waals surface area contributed by atoms with Crippen molar-refractivity contribution in [1.29, 1.82) is 0 Å². The zero-order chi connectivity index (χ0) is 21.0. The Labute approximate surface area is 174 Å². The van der Waals surface area contributed by atoms with E-state index in [2.05, 4.69) is 31.2 Å². The van der Waals surface area contributed by atoms with E-state index in [1.807, 2.05) is 6.92 Å². The Morgan fingerprint density at radius 2 is 1.72 bits per heavy atom. The van der Waals surface area contributed by atoms with Gasteiger partial charge >= 0.3 is 6.18 Å². The molecule has 0 saturated heterocycles. The molecule has 152 valence electrons. The number of nitrogens with zero attached hydrogens (tertiary/aromatic N) is 3. The molecular formula is C20H18BrF3N4O. The van der Waals surface area contributed by atoms with Crippen LogP contribution in [0.1, 0.15) is 12.5 Å². The fourth-order valence-electron chi connectivity index (χ4n) is 2.61. The minimum absolute atomic E-state index is 0.0566. The second-order valence-electron chi connectivity index (χ2n) is 6.05. The van der Waals surface area contributed by atoms with Crippen molar-refractivity contribution >= 4 is 39.1 Å². The zero-order valence-electron chi connectivity index (χ0n) is 15.7. The van der Waals surface area contributed by atoms with Crippen LogP contribution in [0.15, 0.2) is 59.2 Å². The van der Waals surface area contributed by atoms with E-state index < -0.39 is 11.7 Å². The number of alkyl halides is 3. The summed E-state index contributed by atoms with van der Waals surface area (Å²) in [6.07, 6.45) is -3.80. The largest absolute Gasteiger partial charge is 0.494 e. The first-order chi connectivity index (χ1) is 13.8. The molecule has 1 aromatic heterocycles. The van der Waals surface area contributed by atoms with Crippen molar-refractivity contribution in [3.63, 3.8) is 0 Å². The van der Waals surface area contributed by atoms with Crippen LogP contribution in [-0.2, 0) is 6.18 Å². The Kier molecular flexibility index (Phi) is 6.26. The van der Waals surface area contributed by atoms with Crippen LogP contribution >= 0.6 is 15.9 Å². The molecule has 0 bridgehead atoms. The predicted octanol–water partition coefficient (Wildman–Crippen LogP) is 6.17. The van der Waals surface area contributed by atoms with Crippen molar-refractivity contribution in [2.75, 3.05) is 23.9 Å². The van der Waals surface area contributed by atoms with E-state index in [0.717, 1.165) is 10.7 Å². The van der Waals surface area contributed by atoms with Gasteiger partial charge in [-0.15, -0.1) is 0 Å². The lowest BCUT2D eigenvalue weighted by Crippen LogP contribution is -2.19. The fraction of sp³-hybridized carbons (Fsp3) is 0.200. The number of hydrogen-bond donors (Lipinski definition) is 1. The number of ether oxygens (including phenoxy) is 1. The third-order valence-electron chi connectivity index (χ3n) is 4.03. The highest BCUT2D eigenvalue weighted by molar-refractivity contribution is 9.10. The second kappa shape index (κ2) is 8.69. The van der Waals surface area contributed by atoms with E-state index in [9.17, 15) is 13.2 Å². The third-order valence-corrected chi connectivity index (χ3v) is 4.56. The number of nitrogens with one attached hydrogen (secondary N) is 1. The predicted molar refractivity (Wildman–Crippen MR) is 110 cm³/mol. The van der Waals surface area contributed by atoms with Crippen molar-refractivity contribution in [3.05, 3.63) is 64.8 Å². The maximum Gasteiger partial charge on any atom is 0.421 e. The molecule has 0 fully saturated rings. The molecule has 0 aliphatic rings. The van der Waals surface area contributed by atoms with Gasteiger partial charge in [0.25, 0.3) is 0 Å². The van der Waals surface area contributed by atoms with E-state index in [1.165, 1.54) is 11.9 Å². The van der Waals surface area contributed by atoms with Crippen LogP contribution < -0.4 is 15.0 Å². The highest BCUT2D eigenvalue weighted by atomic mass is 79.9. The quantitative estimate of drug-likeness (QED) is 0.470. The summed E-state index contributed by atoms with van der Waals surface area (Å²) in [6, 6.07) is 13.9. The Morgan fingerprint density at radius 3 is 2.31 bits per heavy atom. The van der Waals surface area contributed by atoms with Gasteiger partial charge in [-0.1, -0.05) is 15.9 Å². The maximum absolute atomic E-state index is 13.5. The monoisotopic (exact) mass is 466 g/mol. The van der Waals surface area contributed by atoms with Crippen molar-refractivity contribution < 1.29 is 17.9 Å². The minimum atomic E-state index is -4.59. The maximum atomic E-state index is 13.5. The van der Waals surface area contributed by atoms with Crippen LogP contribution in [0.25, 0.3) is 0 Å². The van der Waals surface area contributed by atoms with E-state index in [1.54, 1.807) is 48.5 Å². The van der Waals surface area contributed by atoms with Gasteiger partial charge in [-0.25, -0.2) is 4.98 Å². The first-order valence-electron chi connectivity index (χ1n) is 8.71. The lowest BCUT2D eigenvalue weighted by molar-refractivity contribution is -0.137. The van der Waals surface area contributed by atoms with Gasteiger partial charge in [0.1, 0.15) is 11.3 Å². The summed E-state index contributed by atoms with van der Waals surface area (Å²) in [5.41, 5.74) is 0.273. The average Bonchev–Trinajstić information content (AvgIpc) is 2.69. The van der Waals surface area contributed by atoms with Crippen LogP contribution in [0, 0.1) is 0 Å². The van der Waals surface area contributed by atoms with Crippen molar-refractivity contribution in [2.24, 2.45) is 0 Å². The molecule has 2 aromatic carbocycles. The first kappa shape index (κ1) is 20.9. The van der Waals surface area contributed by atoms with Crippen LogP contribution in [0.3, 0.4) is 0 Å². The van der Waals surface area contributed by atoms with Gasteiger partial charge in [-0.3, -0.25) is 0 Å². The van der Waals surface area contributed by atoms with E-state index in [4.69, 9.17) is 4.74 Å². The molecule has 0 atom stereocenters. The molecule has 0 aliphatic carbocycles. The smallest absolute Gasteiger partial charge is 0.421 e. The molecule has 0 radical (unpaired) electrons. The number of hydrogen-bond acceptors (Lipinski definition) is 5. The Hall–Kier alpha value is -2.81. The molecule has 0 amide bonds. The van der Waals surface area contributed by atoms with Crippen molar-refractivity contribution in [1.82, 2.24) is 9.97 Å². The van der Waals surface area contributed by atoms with Crippen LogP contribution in [0.5, 0.6) is 5.75 Å². The molecule has 1 heterocycles. The Bertz CT molecular complexity index is 963. The number of aromatic nitrogens is 2. The van der Waals surface area contributed by atoms with Gasteiger partial charge in [0, 0.05) is 29.1 Å². The van der Waals surface area contributed by atoms with Gasteiger partial charge in [0.05, 0.1) is 6.61 Å². The first-order valence-corrected chi connectivity index (χ1v) is 9.50. The SMILES string of the molecule is CCOc1ccc(Nc2ncc(C(F)(F)F)c(N(C)c3ccc(Br)cc3)n2)cc1. The van der Waals surface area contributed by atoms with E-state index in [-0.39, 0.29) is 11.8 Å². The summed E-state index contributed by atoms with van der Waals surface area (Å²) < 4.78 is 46.8. The molecule has 9 heteroatoms. The molecule has 3 rings (SSSR count). The fourth-order valence-corrected chi connectivity index (χ4v) is 2.87. The molecule has 0 saturated carbocycles. The molecule has 29 heavy (non-hydrogen) atoms. The van der Waals surface area contributed by atoms with Gasteiger partial charge in [-0.2, -0.15) is 18.2 Å². The van der Waals surface area contributed by atoms with Gasteiger partial charge in [0.2, 0.25) is 5.95 Å².